The molecule has 2 rings (SSSR count). The molecule has 1 heterocycles. The molecule has 0 N–H and O–H groups in total. The third-order valence-electron chi connectivity index (χ3n) is 4.27. The van der Waals surface area contributed by atoms with Gasteiger partial charge in [0.2, 0.25) is 0 Å². The molecule has 2 fully saturated rings. The van der Waals surface area contributed by atoms with E-state index in [4.69, 9.17) is 16.3 Å². The Morgan fingerprint density at radius 2 is 1.38 bits per heavy atom. The highest BCUT2D eigenvalue weighted by Gasteiger charge is 2.32. The van der Waals surface area contributed by atoms with Crippen LogP contribution in [0.5, 0.6) is 0 Å². The Hall–Kier alpha value is 0.250. The Bertz CT molecular complexity index is 195. The highest BCUT2D eigenvalue weighted by atomic mass is 35.5. The lowest BCUT2D eigenvalue weighted by molar-refractivity contribution is 0.178. The first-order valence-electron chi connectivity index (χ1n) is 7.10. The summed E-state index contributed by atoms with van der Waals surface area (Å²) in [6.07, 6.45) is 12.3. The van der Waals surface area contributed by atoms with Crippen molar-refractivity contribution < 1.29 is 4.74 Å². The van der Waals surface area contributed by atoms with E-state index in [1.165, 1.54) is 57.8 Å². The van der Waals surface area contributed by atoms with E-state index in [-0.39, 0.29) is 0 Å². The smallest absolute Gasteiger partial charge is 0.0512 e. The van der Waals surface area contributed by atoms with Crippen LogP contribution >= 0.6 is 11.6 Å². The predicted molar refractivity (Wildman–Crippen MR) is 69.0 cm³/mol. The Morgan fingerprint density at radius 3 is 2.12 bits per heavy atom. The van der Waals surface area contributed by atoms with E-state index in [9.17, 15) is 0 Å². The van der Waals surface area contributed by atoms with Gasteiger partial charge in [-0.3, -0.25) is 0 Å². The minimum Gasteiger partial charge on any atom is -0.381 e. The highest BCUT2D eigenvalue weighted by Crippen LogP contribution is 2.34. The zero-order valence-corrected chi connectivity index (χ0v) is 11.1. The van der Waals surface area contributed by atoms with Crippen molar-refractivity contribution >= 4 is 11.6 Å². The lowest BCUT2D eigenvalue weighted by atomic mass is 9.85. The first-order chi connectivity index (χ1) is 7.88. The Labute approximate surface area is 105 Å². The van der Waals surface area contributed by atoms with Gasteiger partial charge >= 0.3 is 0 Å². The van der Waals surface area contributed by atoms with Crippen LogP contribution < -0.4 is 0 Å². The number of rotatable bonds is 0. The molecule has 1 nitrogen and oxygen atoms in total. The highest BCUT2D eigenvalue weighted by molar-refractivity contribution is 6.20. The molecule has 3 atom stereocenters. The van der Waals surface area contributed by atoms with E-state index in [0.717, 1.165) is 19.1 Å². The molecule has 0 radical (unpaired) electrons. The molecule has 0 amide bonds. The topological polar surface area (TPSA) is 9.23 Å². The Kier molecular flexibility index (Phi) is 5.44. The fraction of sp³-hybridized carbons (Fsp3) is 1.00. The van der Waals surface area contributed by atoms with Crippen LogP contribution in [0.15, 0.2) is 0 Å². The molecule has 1 saturated heterocycles. The maximum absolute atomic E-state index is 6.53. The fourth-order valence-electron chi connectivity index (χ4n) is 3.16. The average molecular weight is 245 g/mol. The summed E-state index contributed by atoms with van der Waals surface area (Å²) in [4.78, 5) is 0. The lowest BCUT2D eigenvalue weighted by Gasteiger charge is -2.23. The normalized spacial score (nSPS) is 38.4. The van der Waals surface area contributed by atoms with Gasteiger partial charge in [-0.2, -0.15) is 0 Å². The SMILES string of the molecule is ClC1CCCCCCCCCC2COCC12. The van der Waals surface area contributed by atoms with Gasteiger partial charge in [-0.1, -0.05) is 44.9 Å². The summed E-state index contributed by atoms with van der Waals surface area (Å²) in [5, 5.41) is 0.368. The Morgan fingerprint density at radius 1 is 0.750 bits per heavy atom. The van der Waals surface area contributed by atoms with E-state index < -0.39 is 0 Å². The number of hydrogen-bond acceptors (Lipinski definition) is 1. The molecular weight excluding hydrogens is 220 g/mol. The van der Waals surface area contributed by atoms with E-state index >= 15 is 0 Å². The second-order valence-electron chi connectivity index (χ2n) is 5.53. The van der Waals surface area contributed by atoms with Gasteiger partial charge in [-0.25, -0.2) is 0 Å². The summed E-state index contributed by atoms with van der Waals surface area (Å²) in [5.41, 5.74) is 0. The van der Waals surface area contributed by atoms with Gasteiger partial charge in [-0.05, 0) is 18.8 Å². The third kappa shape index (κ3) is 3.63. The molecule has 2 heteroatoms. The first-order valence-corrected chi connectivity index (χ1v) is 7.53. The molecule has 3 unspecified atom stereocenters. The molecule has 0 aromatic carbocycles. The van der Waals surface area contributed by atoms with Gasteiger partial charge in [0.1, 0.15) is 0 Å². The minimum absolute atomic E-state index is 0.368. The second-order valence-corrected chi connectivity index (χ2v) is 6.09. The van der Waals surface area contributed by atoms with Crippen LogP contribution in [0.2, 0.25) is 0 Å². The third-order valence-corrected chi connectivity index (χ3v) is 4.81. The van der Waals surface area contributed by atoms with Crippen LogP contribution in [-0.2, 0) is 4.74 Å². The van der Waals surface area contributed by atoms with Crippen molar-refractivity contribution in [3.63, 3.8) is 0 Å². The van der Waals surface area contributed by atoms with Gasteiger partial charge in [-0.15, -0.1) is 11.6 Å². The van der Waals surface area contributed by atoms with Gasteiger partial charge in [0.05, 0.1) is 6.61 Å². The summed E-state index contributed by atoms with van der Waals surface area (Å²) < 4.78 is 5.63. The van der Waals surface area contributed by atoms with Crippen molar-refractivity contribution in [2.24, 2.45) is 11.8 Å². The number of alkyl halides is 1. The van der Waals surface area contributed by atoms with Crippen molar-refractivity contribution in [3.8, 4) is 0 Å². The van der Waals surface area contributed by atoms with Crippen molar-refractivity contribution in [1.29, 1.82) is 0 Å². The van der Waals surface area contributed by atoms with Crippen molar-refractivity contribution in [2.75, 3.05) is 13.2 Å². The summed E-state index contributed by atoms with van der Waals surface area (Å²) >= 11 is 6.53. The van der Waals surface area contributed by atoms with Crippen LogP contribution in [0.1, 0.15) is 57.8 Å². The maximum atomic E-state index is 6.53. The van der Waals surface area contributed by atoms with E-state index in [1.54, 1.807) is 0 Å². The van der Waals surface area contributed by atoms with E-state index in [2.05, 4.69) is 0 Å². The minimum atomic E-state index is 0.368. The van der Waals surface area contributed by atoms with Crippen molar-refractivity contribution in [3.05, 3.63) is 0 Å². The van der Waals surface area contributed by atoms with E-state index in [0.29, 0.717) is 11.3 Å². The standard InChI is InChI=1S/C14H25ClO/c15-14-9-7-5-3-1-2-4-6-8-12-10-16-11-13(12)14/h12-14H,1-11H2. The summed E-state index contributed by atoms with van der Waals surface area (Å²) in [6, 6.07) is 0. The largest absolute Gasteiger partial charge is 0.381 e. The van der Waals surface area contributed by atoms with Crippen molar-refractivity contribution in [1.82, 2.24) is 0 Å². The van der Waals surface area contributed by atoms with Crippen LogP contribution in [0, 0.1) is 11.8 Å². The first kappa shape index (κ1) is 12.7. The molecule has 0 aromatic rings. The fourth-order valence-corrected chi connectivity index (χ4v) is 3.59. The number of fused-ring (bicyclic) bond motifs is 1. The monoisotopic (exact) mass is 244 g/mol. The molecule has 1 aliphatic heterocycles. The van der Waals surface area contributed by atoms with Crippen LogP contribution in [0.3, 0.4) is 0 Å². The molecule has 0 bridgehead atoms. The summed E-state index contributed by atoms with van der Waals surface area (Å²) in [7, 11) is 0. The van der Waals surface area contributed by atoms with Gasteiger partial charge in [0.15, 0.2) is 0 Å². The van der Waals surface area contributed by atoms with Crippen LogP contribution in [0.4, 0.5) is 0 Å². The number of halogens is 1. The van der Waals surface area contributed by atoms with Gasteiger partial charge < -0.3 is 4.74 Å². The molecule has 1 aliphatic carbocycles. The van der Waals surface area contributed by atoms with Crippen LogP contribution in [0.25, 0.3) is 0 Å². The summed E-state index contributed by atoms with van der Waals surface area (Å²) in [5.74, 6) is 1.39. The van der Waals surface area contributed by atoms with Gasteiger partial charge in [0, 0.05) is 17.9 Å². The molecule has 0 spiro atoms. The number of ether oxygens (including phenoxy) is 1. The Balaban J connectivity index is 1.86. The molecule has 2 aliphatic rings. The zero-order valence-electron chi connectivity index (χ0n) is 10.3. The van der Waals surface area contributed by atoms with Gasteiger partial charge in [0.25, 0.3) is 0 Å². The molecule has 16 heavy (non-hydrogen) atoms. The zero-order chi connectivity index (χ0) is 11.2. The van der Waals surface area contributed by atoms with Crippen molar-refractivity contribution in [2.45, 2.75) is 63.2 Å². The second kappa shape index (κ2) is 6.86. The lowest BCUT2D eigenvalue weighted by Crippen LogP contribution is -2.23. The predicted octanol–water partition coefficient (Wildman–Crippen LogP) is 4.38. The molecule has 0 aromatic heterocycles. The molecular formula is C14H25ClO. The van der Waals surface area contributed by atoms with E-state index in [1.807, 2.05) is 0 Å². The quantitative estimate of drug-likeness (QED) is 0.575. The molecule has 1 saturated carbocycles. The number of hydrogen-bond donors (Lipinski definition) is 0. The maximum Gasteiger partial charge on any atom is 0.0512 e. The summed E-state index contributed by atoms with van der Waals surface area (Å²) in [6.45, 7) is 1.88. The van der Waals surface area contributed by atoms with Crippen LogP contribution in [-0.4, -0.2) is 18.6 Å². The average Bonchev–Trinajstić information content (AvgIpc) is 2.73. The molecule has 94 valence electrons.